The number of aryl methyl sites for hydroxylation is 1. The van der Waals surface area contributed by atoms with Crippen LogP contribution in [0.15, 0.2) is 48.5 Å². The molecule has 0 aliphatic carbocycles. The Kier molecular flexibility index (Phi) is 3.87. The molecule has 0 spiro atoms. The maximum atomic E-state index is 13.1. The van der Waals surface area contributed by atoms with Gasteiger partial charge in [-0.25, -0.2) is 4.39 Å². The molecular formula is C17H16FN3O. The standard InChI is InChI=1S/C17H16FN3O/c1-12-15-7-2-3-8-16(15)21(20-12)11-17(22)19-10-13-5-4-6-14(18)9-13/h2-9H,10-11H2,1H3,(H,19,22). The molecule has 5 heteroatoms. The van der Waals surface area contributed by atoms with Crippen LogP contribution in [-0.2, 0) is 17.9 Å². The second kappa shape index (κ2) is 5.97. The van der Waals surface area contributed by atoms with Gasteiger partial charge < -0.3 is 5.32 Å². The van der Waals surface area contributed by atoms with Gasteiger partial charge in [0.25, 0.3) is 0 Å². The van der Waals surface area contributed by atoms with Gasteiger partial charge in [-0.15, -0.1) is 0 Å². The lowest BCUT2D eigenvalue weighted by atomic mass is 10.2. The van der Waals surface area contributed by atoms with Crippen LogP contribution in [-0.4, -0.2) is 15.7 Å². The number of carbonyl (C=O) groups excluding carboxylic acids is 1. The number of hydrogen-bond donors (Lipinski definition) is 1. The lowest BCUT2D eigenvalue weighted by Gasteiger charge is -2.06. The number of carbonyl (C=O) groups is 1. The number of nitrogens with zero attached hydrogens (tertiary/aromatic N) is 2. The Morgan fingerprint density at radius 3 is 2.86 bits per heavy atom. The lowest BCUT2D eigenvalue weighted by Crippen LogP contribution is -2.27. The number of amides is 1. The third-order valence-electron chi connectivity index (χ3n) is 3.51. The summed E-state index contributed by atoms with van der Waals surface area (Å²) in [6.45, 7) is 2.36. The Labute approximate surface area is 127 Å². The highest BCUT2D eigenvalue weighted by Gasteiger charge is 2.10. The first-order valence-electron chi connectivity index (χ1n) is 7.07. The summed E-state index contributed by atoms with van der Waals surface area (Å²) in [5, 5.41) is 8.22. The van der Waals surface area contributed by atoms with Crippen LogP contribution in [0.25, 0.3) is 10.9 Å². The molecule has 2 aromatic carbocycles. The molecular weight excluding hydrogens is 281 g/mol. The van der Waals surface area contributed by atoms with E-state index in [1.165, 1.54) is 12.1 Å². The topological polar surface area (TPSA) is 46.9 Å². The zero-order valence-electron chi connectivity index (χ0n) is 12.2. The van der Waals surface area contributed by atoms with Gasteiger partial charge in [-0.1, -0.05) is 30.3 Å². The van der Waals surface area contributed by atoms with E-state index < -0.39 is 0 Å². The van der Waals surface area contributed by atoms with E-state index in [0.29, 0.717) is 6.54 Å². The van der Waals surface area contributed by atoms with Gasteiger partial charge >= 0.3 is 0 Å². The molecule has 0 atom stereocenters. The second-order valence-electron chi connectivity index (χ2n) is 5.17. The summed E-state index contributed by atoms with van der Waals surface area (Å²) in [6, 6.07) is 14.0. The summed E-state index contributed by atoms with van der Waals surface area (Å²) in [5.41, 5.74) is 2.56. The molecule has 4 nitrogen and oxygen atoms in total. The van der Waals surface area contributed by atoms with Crippen LogP contribution in [0.1, 0.15) is 11.3 Å². The zero-order valence-corrected chi connectivity index (χ0v) is 12.2. The summed E-state index contributed by atoms with van der Waals surface area (Å²) >= 11 is 0. The van der Waals surface area contributed by atoms with E-state index in [9.17, 15) is 9.18 Å². The van der Waals surface area contributed by atoms with Crippen molar-refractivity contribution in [2.75, 3.05) is 0 Å². The van der Waals surface area contributed by atoms with Gasteiger partial charge in [0, 0.05) is 11.9 Å². The molecule has 0 saturated heterocycles. The number of hydrogen-bond acceptors (Lipinski definition) is 2. The van der Waals surface area contributed by atoms with Gasteiger partial charge in [0.1, 0.15) is 12.4 Å². The summed E-state index contributed by atoms with van der Waals surface area (Å²) in [4.78, 5) is 12.1. The van der Waals surface area contributed by atoms with Crippen molar-refractivity contribution in [1.29, 1.82) is 0 Å². The lowest BCUT2D eigenvalue weighted by molar-refractivity contribution is -0.121. The maximum Gasteiger partial charge on any atom is 0.242 e. The average Bonchev–Trinajstić information content (AvgIpc) is 2.82. The quantitative estimate of drug-likeness (QED) is 0.805. The molecule has 22 heavy (non-hydrogen) atoms. The van der Waals surface area contributed by atoms with Crippen LogP contribution < -0.4 is 5.32 Å². The molecule has 0 bridgehead atoms. The van der Waals surface area contributed by atoms with Crippen LogP contribution in [0.4, 0.5) is 4.39 Å². The van der Waals surface area contributed by atoms with E-state index in [-0.39, 0.29) is 18.3 Å². The number of nitrogens with one attached hydrogen (secondary N) is 1. The number of aromatic nitrogens is 2. The Balaban J connectivity index is 1.68. The fourth-order valence-corrected chi connectivity index (χ4v) is 2.45. The van der Waals surface area contributed by atoms with Crippen molar-refractivity contribution in [3.63, 3.8) is 0 Å². The van der Waals surface area contributed by atoms with E-state index in [4.69, 9.17) is 0 Å². The Bertz CT molecular complexity index is 826. The summed E-state index contributed by atoms with van der Waals surface area (Å²) in [5.74, 6) is -0.460. The summed E-state index contributed by atoms with van der Waals surface area (Å²) < 4.78 is 14.8. The van der Waals surface area contributed by atoms with Crippen molar-refractivity contribution in [2.45, 2.75) is 20.0 Å². The largest absolute Gasteiger partial charge is 0.350 e. The van der Waals surface area contributed by atoms with Crippen molar-refractivity contribution in [1.82, 2.24) is 15.1 Å². The molecule has 0 fully saturated rings. The molecule has 0 aliphatic rings. The van der Waals surface area contributed by atoms with Gasteiger partial charge in [-0.2, -0.15) is 5.10 Å². The van der Waals surface area contributed by atoms with Crippen LogP contribution in [0, 0.1) is 12.7 Å². The van der Waals surface area contributed by atoms with E-state index in [0.717, 1.165) is 22.2 Å². The number of rotatable bonds is 4. The summed E-state index contributed by atoms with van der Waals surface area (Å²) in [6.07, 6.45) is 0. The minimum Gasteiger partial charge on any atom is -0.350 e. The van der Waals surface area contributed by atoms with Crippen LogP contribution in [0.5, 0.6) is 0 Å². The number of benzene rings is 2. The predicted octanol–water partition coefficient (Wildman–Crippen LogP) is 2.80. The normalized spacial score (nSPS) is 10.8. The molecule has 1 aromatic heterocycles. The average molecular weight is 297 g/mol. The molecule has 3 rings (SSSR count). The Morgan fingerprint density at radius 1 is 1.23 bits per heavy atom. The molecule has 0 aliphatic heterocycles. The van der Waals surface area contributed by atoms with Gasteiger partial charge in [0.15, 0.2) is 0 Å². The molecule has 0 unspecified atom stereocenters. The molecule has 1 heterocycles. The Morgan fingerprint density at radius 2 is 2.05 bits per heavy atom. The van der Waals surface area contributed by atoms with Crippen LogP contribution in [0.3, 0.4) is 0 Å². The highest BCUT2D eigenvalue weighted by molar-refractivity contribution is 5.84. The first kappa shape index (κ1) is 14.3. The Hall–Kier alpha value is -2.69. The van der Waals surface area contributed by atoms with Gasteiger partial charge in [-0.05, 0) is 30.7 Å². The molecule has 112 valence electrons. The molecule has 1 N–H and O–H groups in total. The van der Waals surface area contributed by atoms with Crippen molar-refractivity contribution >= 4 is 16.8 Å². The third kappa shape index (κ3) is 2.98. The van der Waals surface area contributed by atoms with Crippen molar-refractivity contribution in [2.24, 2.45) is 0 Å². The van der Waals surface area contributed by atoms with Crippen molar-refractivity contribution < 1.29 is 9.18 Å². The van der Waals surface area contributed by atoms with E-state index in [2.05, 4.69) is 10.4 Å². The minimum absolute atomic E-state index is 0.143. The molecule has 0 saturated carbocycles. The monoisotopic (exact) mass is 297 g/mol. The van der Waals surface area contributed by atoms with Gasteiger partial charge in [0.05, 0.1) is 11.2 Å². The molecule has 1 amide bonds. The first-order valence-corrected chi connectivity index (χ1v) is 7.07. The predicted molar refractivity (Wildman–Crippen MR) is 82.7 cm³/mol. The number of fused-ring (bicyclic) bond motifs is 1. The van der Waals surface area contributed by atoms with Crippen LogP contribution >= 0.6 is 0 Å². The van der Waals surface area contributed by atoms with E-state index in [1.54, 1.807) is 16.8 Å². The molecule has 3 aromatic rings. The van der Waals surface area contributed by atoms with Crippen LogP contribution in [0.2, 0.25) is 0 Å². The van der Waals surface area contributed by atoms with E-state index in [1.807, 2.05) is 31.2 Å². The SMILES string of the molecule is Cc1nn(CC(=O)NCc2cccc(F)c2)c2ccccc12. The van der Waals surface area contributed by atoms with Gasteiger partial charge in [0.2, 0.25) is 5.91 Å². The third-order valence-corrected chi connectivity index (χ3v) is 3.51. The number of halogens is 1. The first-order chi connectivity index (χ1) is 10.6. The highest BCUT2D eigenvalue weighted by Crippen LogP contribution is 2.17. The highest BCUT2D eigenvalue weighted by atomic mass is 19.1. The minimum atomic E-state index is -0.305. The van der Waals surface area contributed by atoms with Gasteiger partial charge in [-0.3, -0.25) is 9.48 Å². The second-order valence-corrected chi connectivity index (χ2v) is 5.17. The number of para-hydroxylation sites is 1. The fraction of sp³-hybridized carbons (Fsp3) is 0.176. The zero-order chi connectivity index (χ0) is 15.5. The van der Waals surface area contributed by atoms with E-state index >= 15 is 0 Å². The smallest absolute Gasteiger partial charge is 0.242 e. The van der Waals surface area contributed by atoms with Crippen molar-refractivity contribution in [3.05, 3.63) is 65.6 Å². The van der Waals surface area contributed by atoms with Crippen molar-refractivity contribution in [3.8, 4) is 0 Å². The maximum absolute atomic E-state index is 13.1. The summed E-state index contributed by atoms with van der Waals surface area (Å²) in [7, 11) is 0. The fourth-order valence-electron chi connectivity index (χ4n) is 2.45. The molecule has 0 radical (unpaired) electrons.